The monoisotopic (exact) mass is 337 g/mol. The van der Waals surface area contributed by atoms with Crippen LogP contribution in [0.2, 0.25) is 0 Å². The number of alkyl halides is 1. The highest BCUT2D eigenvalue weighted by atomic mass is 79.9. The fourth-order valence-electron chi connectivity index (χ4n) is 3.65. The average molecular weight is 338 g/mol. The Morgan fingerprint density at radius 2 is 2.20 bits per heavy atom. The van der Waals surface area contributed by atoms with Crippen molar-refractivity contribution in [2.24, 2.45) is 0 Å². The first kappa shape index (κ1) is 14.3. The third kappa shape index (κ3) is 2.73. The highest BCUT2D eigenvalue weighted by Gasteiger charge is 2.33. The van der Waals surface area contributed by atoms with Gasteiger partial charge in [-0.1, -0.05) is 28.4 Å². The summed E-state index contributed by atoms with van der Waals surface area (Å²) in [5.41, 5.74) is 2.56. The van der Waals surface area contributed by atoms with Gasteiger partial charge in [0.05, 0.1) is 0 Å². The van der Waals surface area contributed by atoms with E-state index in [0.29, 0.717) is 6.04 Å². The molecule has 0 aliphatic carbocycles. The molecule has 0 spiro atoms. The SMILES string of the molecule is Cc1cc(CBr)cnc1N1CC2CCCCN2CC1C. The Morgan fingerprint density at radius 1 is 1.35 bits per heavy atom. The van der Waals surface area contributed by atoms with Crippen LogP contribution in [0, 0.1) is 6.92 Å². The van der Waals surface area contributed by atoms with Crippen molar-refractivity contribution in [3.8, 4) is 0 Å². The van der Waals surface area contributed by atoms with Crippen molar-refractivity contribution in [2.45, 2.75) is 50.5 Å². The predicted octanol–water partition coefficient (Wildman–Crippen LogP) is 3.35. The van der Waals surface area contributed by atoms with Crippen LogP contribution in [0.3, 0.4) is 0 Å². The van der Waals surface area contributed by atoms with Crippen LogP contribution in [0.4, 0.5) is 5.82 Å². The molecular formula is C16H24BrN3. The number of pyridine rings is 1. The van der Waals surface area contributed by atoms with Crippen LogP contribution in [0.5, 0.6) is 0 Å². The van der Waals surface area contributed by atoms with E-state index in [-0.39, 0.29) is 0 Å². The molecule has 4 heteroatoms. The van der Waals surface area contributed by atoms with E-state index in [4.69, 9.17) is 4.98 Å². The lowest BCUT2D eigenvalue weighted by molar-refractivity contribution is 0.115. The van der Waals surface area contributed by atoms with Crippen molar-refractivity contribution < 1.29 is 0 Å². The lowest BCUT2D eigenvalue weighted by atomic mass is 9.97. The molecule has 1 aromatic rings. The summed E-state index contributed by atoms with van der Waals surface area (Å²) in [5.74, 6) is 1.19. The molecule has 3 rings (SSSR count). The fraction of sp³-hybridized carbons (Fsp3) is 0.688. The maximum atomic E-state index is 4.74. The van der Waals surface area contributed by atoms with Gasteiger partial charge in [-0.15, -0.1) is 0 Å². The molecule has 3 heterocycles. The van der Waals surface area contributed by atoms with Crippen LogP contribution in [0.15, 0.2) is 12.3 Å². The third-order valence-electron chi connectivity index (χ3n) is 4.72. The summed E-state index contributed by atoms with van der Waals surface area (Å²) in [4.78, 5) is 9.95. The van der Waals surface area contributed by atoms with Gasteiger partial charge in [0.1, 0.15) is 5.82 Å². The first-order valence-electron chi connectivity index (χ1n) is 7.71. The number of fused-ring (bicyclic) bond motifs is 1. The number of hydrogen-bond donors (Lipinski definition) is 0. The number of aryl methyl sites for hydroxylation is 1. The fourth-order valence-corrected chi connectivity index (χ4v) is 3.95. The maximum Gasteiger partial charge on any atom is 0.131 e. The molecule has 2 aliphatic heterocycles. The number of aromatic nitrogens is 1. The topological polar surface area (TPSA) is 19.4 Å². The molecule has 0 saturated carbocycles. The number of rotatable bonds is 2. The Morgan fingerprint density at radius 3 is 2.95 bits per heavy atom. The van der Waals surface area contributed by atoms with Crippen molar-refractivity contribution in [3.63, 3.8) is 0 Å². The largest absolute Gasteiger partial charge is 0.351 e. The summed E-state index contributed by atoms with van der Waals surface area (Å²) in [7, 11) is 0. The summed E-state index contributed by atoms with van der Waals surface area (Å²) < 4.78 is 0. The summed E-state index contributed by atoms with van der Waals surface area (Å²) >= 11 is 3.51. The zero-order chi connectivity index (χ0) is 14.1. The van der Waals surface area contributed by atoms with Gasteiger partial charge >= 0.3 is 0 Å². The Bertz CT molecular complexity index is 477. The lowest BCUT2D eigenvalue weighted by Gasteiger charge is -2.48. The van der Waals surface area contributed by atoms with Crippen LogP contribution in [-0.4, -0.2) is 41.6 Å². The zero-order valence-electron chi connectivity index (χ0n) is 12.5. The maximum absolute atomic E-state index is 4.74. The molecule has 0 N–H and O–H groups in total. The van der Waals surface area contributed by atoms with Crippen LogP contribution in [0.1, 0.15) is 37.3 Å². The first-order chi connectivity index (χ1) is 9.69. The Balaban J connectivity index is 1.82. The van der Waals surface area contributed by atoms with Crippen LogP contribution < -0.4 is 4.90 Å². The van der Waals surface area contributed by atoms with Gasteiger partial charge in [-0.3, -0.25) is 4.90 Å². The molecule has 0 bridgehead atoms. The highest BCUT2D eigenvalue weighted by molar-refractivity contribution is 9.08. The van der Waals surface area contributed by atoms with Crippen LogP contribution in [-0.2, 0) is 5.33 Å². The molecule has 0 aromatic carbocycles. The van der Waals surface area contributed by atoms with Gasteiger partial charge in [-0.2, -0.15) is 0 Å². The molecule has 1 aromatic heterocycles. The van der Waals surface area contributed by atoms with E-state index in [2.05, 4.69) is 45.6 Å². The first-order valence-corrected chi connectivity index (χ1v) is 8.83. The Hall–Kier alpha value is -0.610. The normalized spacial score (nSPS) is 27.4. The third-order valence-corrected chi connectivity index (χ3v) is 5.37. The number of piperazine rings is 1. The molecule has 2 saturated heterocycles. The molecule has 2 aliphatic rings. The van der Waals surface area contributed by atoms with E-state index in [1.54, 1.807) is 0 Å². The van der Waals surface area contributed by atoms with Gasteiger partial charge in [0.15, 0.2) is 0 Å². The second-order valence-electron chi connectivity index (χ2n) is 6.26. The Kier molecular flexibility index (Phi) is 4.32. The minimum Gasteiger partial charge on any atom is -0.351 e. The predicted molar refractivity (Wildman–Crippen MR) is 87.6 cm³/mol. The van der Waals surface area contributed by atoms with E-state index < -0.39 is 0 Å². The van der Waals surface area contributed by atoms with Gasteiger partial charge in [-0.05, 0) is 44.4 Å². The lowest BCUT2D eigenvalue weighted by Crippen LogP contribution is -2.59. The molecule has 3 nitrogen and oxygen atoms in total. The number of halogens is 1. The van der Waals surface area contributed by atoms with Gasteiger partial charge in [-0.25, -0.2) is 4.98 Å². The van der Waals surface area contributed by atoms with E-state index >= 15 is 0 Å². The second-order valence-corrected chi connectivity index (χ2v) is 6.82. The van der Waals surface area contributed by atoms with Gasteiger partial charge < -0.3 is 4.90 Å². The summed E-state index contributed by atoms with van der Waals surface area (Å²) in [6.45, 7) is 8.14. The summed E-state index contributed by atoms with van der Waals surface area (Å²) in [6.07, 6.45) is 6.12. The highest BCUT2D eigenvalue weighted by Crippen LogP contribution is 2.29. The molecular weight excluding hydrogens is 314 g/mol. The second kappa shape index (κ2) is 6.02. The van der Waals surface area contributed by atoms with Crippen molar-refractivity contribution in [1.29, 1.82) is 0 Å². The van der Waals surface area contributed by atoms with Crippen molar-refractivity contribution in [1.82, 2.24) is 9.88 Å². The van der Waals surface area contributed by atoms with E-state index in [1.165, 1.54) is 49.3 Å². The van der Waals surface area contributed by atoms with E-state index in [9.17, 15) is 0 Å². The minimum atomic E-state index is 0.561. The molecule has 2 fully saturated rings. The number of hydrogen-bond acceptors (Lipinski definition) is 3. The molecule has 2 unspecified atom stereocenters. The van der Waals surface area contributed by atoms with Crippen molar-refractivity contribution in [3.05, 3.63) is 23.4 Å². The Labute approximate surface area is 130 Å². The molecule has 110 valence electrons. The zero-order valence-corrected chi connectivity index (χ0v) is 14.1. The van der Waals surface area contributed by atoms with Gasteiger partial charge in [0, 0.05) is 36.7 Å². The summed E-state index contributed by atoms with van der Waals surface area (Å²) in [5, 5.41) is 0.882. The van der Waals surface area contributed by atoms with Crippen molar-refractivity contribution in [2.75, 3.05) is 24.5 Å². The smallest absolute Gasteiger partial charge is 0.131 e. The average Bonchev–Trinajstić information content (AvgIpc) is 2.46. The van der Waals surface area contributed by atoms with Gasteiger partial charge in [0.2, 0.25) is 0 Å². The minimum absolute atomic E-state index is 0.561. The van der Waals surface area contributed by atoms with Crippen LogP contribution in [0.25, 0.3) is 0 Å². The van der Waals surface area contributed by atoms with Gasteiger partial charge in [0.25, 0.3) is 0 Å². The molecule has 0 amide bonds. The van der Waals surface area contributed by atoms with Crippen LogP contribution >= 0.6 is 15.9 Å². The standard InChI is InChI=1S/C16H24BrN3/c1-12-7-14(8-17)9-18-16(12)20-11-15-5-3-4-6-19(15)10-13(20)2/h7,9,13,15H,3-6,8,10-11H2,1-2H3. The van der Waals surface area contributed by atoms with Crippen molar-refractivity contribution >= 4 is 21.7 Å². The summed E-state index contributed by atoms with van der Waals surface area (Å²) in [6, 6.07) is 3.55. The number of nitrogens with zero attached hydrogens (tertiary/aromatic N) is 3. The molecule has 0 radical (unpaired) electrons. The quantitative estimate of drug-likeness (QED) is 0.771. The molecule has 2 atom stereocenters. The number of piperidine rings is 1. The van der Waals surface area contributed by atoms with E-state index in [1.807, 2.05) is 6.20 Å². The van der Waals surface area contributed by atoms with E-state index in [0.717, 1.165) is 17.9 Å². The number of anilines is 1. The molecule has 20 heavy (non-hydrogen) atoms.